The number of nitro groups is 1. The first kappa shape index (κ1) is 18.7. The number of ether oxygens (including phenoxy) is 1. The minimum Gasteiger partial charge on any atom is -0.444 e. The number of carbonyl (C=O) groups is 1. The van der Waals surface area contributed by atoms with E-state index in [4.69, 9.17) is 4.74 Å². The van der Waals surface area contributed by atoms with Crippen molar-refractivity contribution in [1.29, 1.82) is 0 Å². The topological polar surface area (TPSA) is 98.5 Å². The highest BCUT2D eigenvalue weighted by Crippen LogP contribution is 2.29. The van der Waals surface area contributed by atoms with Crippen molar-refractivity contribution in [2.24, 2.45) is 0 Å². The Hall–Kier alpha value is -3.10. The molecule has 2 heterocycles. The van der Waals surface area contributed by atoms with E-state index < -0.39 is 22.4 Å². The van der Waals surface area contributed by atoms with E-state index in [1.165, 1.54) is 6.20 Å². The average Bonchev–Trinajstić information content (AvgIpc) is 2.59. The zero-order valence-electron chi connectivity index (χ0n) is 15.2. The van der Waals surface area contributed by atoms with Crippen LogP contribution < -0.4 is 0 Å². The van der Waals surface area contributed by atoms with Gasteiger partial charge in [0.15, 0.2) is 5.82 Å². The predicted octanol–water partition coefficient (Wildman–Crippen LogP) is 3.48. The van der Waals surface area contributed by atoms with Crippen molar-refractivity contribution in [2.75, 3.05) is 6.54 Å². The summed E-state index contributed by atoms with van der Waals surface area (Å²) in [6, 6.07) is 3.17. The number of hydrogen-bond acceptors (Lipinski definition) is 6. The minimum absolute atomic E-state index is 0.0253. The molecule has 3 rings (SSSR count). The summed E-state index contributed by atoms with van der Waals surface area (Å²) in [5.41, 5.74) is 0.585. The lowest BCUT2D eigenvalue weighted by atomic mass is 10.1. The number of aromatic nitrogens is 2. The molecule has 1 aromatic heterocycles. The molecule has 1 amide bonds. The van der Waals surface area contributed by atoms with Crippen LogP contribution >= 0.6 is 0 Å². The number of nitrogens with zero attached hydrogens (tertiary/aromatic N) is 4. The Morgan fingerprint density at radius 1 is 1.37 bits per heavy atom. The van der Waals surface area contributed by atoms with Gasteiger partial charge < -0.3 is 9.64 Å². The van der Waals surface area contributed by atoms with Crippen LogP contribution in [0.15, 0.2) is 24.4 Å². The quantitative estimate of drug-likeness (QED) is 0.589. The molecule has 9 heteroatoms. The van der Waals surface area contributed by atoms with Gasteiger partial charge in [0.2, 0.25) is 0 Å². The highest BCUT2D eigenvalue weighted by Gasteiger charge is 2.27. The van der Waals surface area contributed by atoms with E-state index in [2.05, 4.69) is 9.97 Å². The van der Waals surface area contributed by atoms with Gasteiger partial charge in [-0.1, -0.05) is 0 Å². The SMILES string of the molecule is CC(C)(C)OC(=O)N1CCc2nc(-c3cc(F)ccc3[N+](=O)[O-])ncc2C1. The number of benzene rings is 1. The van der Waals surface area contributed by atoms with Crippen LogP contribution in [0.3, 0.4) is 0 Å². The number of halogens is 1. The summed E-state index contributed by atoms with van der Waals surface area (Å²) >= 11 is 0. The average molecular weight is 374 g/mol. The largest absolute Gasteiger partial charge is 0.444 e. The first-order valence-electron chi connectivity index (χ1n) is 8.41. The second-order valence-corrected chi connectivity index (χ2v) is 7.24. The lowest BCUT2D eigenvalue weighted by molar-refractivity contribution is -0.384. The Labute approximate surface area is 155 Å². The van der Waals surface area contributed by atoms with E-state index in [1.807, 2.05) is 0 Å². The highest BCUT2D eigenvalue weighted by atomic mass is 19.1. The number of carbonyl (C=O) groups excluding carboxylic acids is 1. The minimum atomic E-state index is -0.604. The van der Waals surface area contributed by atoms with Gasteiger partial charge in [0.1, 0.15) is 11.4 Å². The molecule has 1 aromatic carbocycles. The summed E-state index contributed by atoms with van der Waals surface area (Å²) in [4.78, 5) is 32.9. The molecular weight excluding hydrogens is 355 g/mol. The normalized spacial score (nSPS) is 13.9. The predicted molar refractivity (Wildman–Crippen MR) is 94.4 cm³/mol. The maximum absolute atomic E-state index is 13.6. The molecule has 0 N–H and O–H groups in total. The van der Waals surface area contributed by atoms with Crippen molar-refractivity contribution >= 4 is 11.8 Å². The van der Waals surface area contributed by atoms with Crippen LogP contribution in [0.25, 0.3) is 11.4 Å². The molecule has 8 nitrogen and oxygen atoms in total. The first-order valence-corrected chi connectivity index (χ1v) is 8.41. The van der Waals surface area contributed by atoms with E-state index in [1.54, 1.807) is 25.7 Å². The summed E-state index contributed by atoms with van der Waals surface area (Å²) in [7, 11) is 0. The van der Waals surface area contributed by atoms with Gasteiger partial charge in [0.25, 0.3) is 5.69 Å². The molecule has 0 saturated carbocycles. The number of fused-ring (bicyclic) bond motifs is 1. The molecule has 2 aromatic rings. The van der Waals surface area contributed by atoms with Gasteiger partial charge in [0.05, 0.1) is 22.7 Å². The Morgan fingerprint density at radius 2 is 2.11 bits per heavy atom. The Morgan fingerprint density at radius 3 is 2.78 bits per heavy atom. The van der Waals surface area contributed by atoms with Crippen LogP contribution in [0.2, 0.25) is 0 Å². The molecule has 0 saturated heterocycles. The molecule has 1 aliphatic rings. The van der Waals surface area contributed by atoms with Crippen LogP contribution in [0.4, 0.5) is 14.9 Å². The summed E-state index contributed by atoms with van der Waals surface area (Å²) in [5, 5.41) is 11.2. The molecule has 27 heavy (non-hydrogen) atoms. The van der Waals surface area contributed by atoms with Gasteiger partial charge >= 0.3 is 6.09 Å². The van der Waals surface area contributed by atoms with Crippen molar-refractivity contribution in [3.63, 3.8) is 0 Å². The molecule has 0 spiro atoms. The molecule has 0 aliphatic carbocycles. The maximum Gasteiger partial charge on any atom is 0.410 e. The Bertz CT molecular complexity index is 911. The van der Waals surface area contributed by atoms with Crippen molar-refractivity contribution in [3.8, 4) is 11.4 Å². The van der Waals surface area contributed by atoms with Crippen LogP contribution in [-0.2, 0) is 17.7 Å². The molecule has 0 atom stereocenters. The van der Waals surface area contributed by atoms with Crippen LogP contribution in [0, 0.1) is 15.9 Å². The third kappa shape index (κ3) is 4.18. The van der Waals surface area contributed by atoms with E-state index in [9.17, 15) is 19.3 Å². The molecule has 1 aliphatic heterocycles. The second-order valence-electron chi connectivity index (χ2n) is 7.24. The van der Waals surface area contributed by atoms with Gasteiger partial charge in [-0.05, 0) is 32.9 Å². The van der Waals surface area contributed by atoms with Gasteiger partial charge in [0, 0.05) is 30.8 Å². The van der Waals surface area contributed by atoms with Crippen LogP contribution in [0.5, 0.6) is 0 Å². The first-order chi connectivity index (χ1) is 12.6. The fourth-order valence-corrected chi connectivity index (χ4v) is 2.77. The Balaban J connectivity index is 1.87. The monoisotopic (exact) mass is 374 g/mol. The van der Waals surface area contributed by atoms with Crippen molar-refractivity contribution in [3.05, 3.63) is 51.6 Å². The Kier molecular flexibility index (Phi) is 4.77. The maximum atomic E-state index is 13.6. The highest BCUT2D eigenvalue weighted by molar-refractivity contribution is 5.69. The van der Waals surface area contributed by atoms with Gasteiger partial charge in [-0.25, -0.2) is 19.2 Å². The van der Waals surface area contributed by atoms with E-state index in [0.717, 1.165) is 23.8 Å². The zero-order chi connectivity index (χ0) is 19.8. The van der Waals surface area contributed by atoms with Crippen molar-refractivity contribution in [2.45, 2.75) is 39.3 Å². The third-order valence-electron chi connectivity index (χ3n) is 3.98. The third-order valence-corrected chi connectivity index (χ3v) is 3.98. The molecule has 0 radical (unpaired) electrons. The lowest BCUT2D eigenvalue weighted by Gasteiger charge is -2.30. The fraction of sp³-hybridized carbons (Fsp3) is 0.389. The van der Waals surface area contributed by atoms with E-state index in [-0.39, 0.29) is 23.6 Å². The van der Waals surface area contributed by atoms with E-state index >= 15 is 0 Å². The number of rotatable bonds is 2. The number of amides is 1. The summed E-state index contributed by atoms with van der Waals surface area (Å²) in [6.45, 7) is 6.08. The van der Waals surface area contributed by atoms with Gasteiger partial charge in [-0.3, -0.25) is 10.1 Å². The van der Waals surface area contributed by atoms with Crippen LogP contribution in [0.1, 0.15) is 32.0 Å². The van der Waals surface area contributed by atoms with Gasteiger partial charge in [-0.2, -0.15) is 0 Å². The van der Waals surface area contributed by atoms with Crippen molar-refractivity contribution < 1.29 is 18.8 Å². The van der Waals surface area contributed by atoms with E-state index in [0.29, 0.717) is 18.7 Å². The molecule has 0 unspecified atom stereocenters. The summed E-state index contributed by atoms with van der Waals surface area (Å²) < 4.78 is 18.9. The second kappa shape index (κ2) is 6.90. The van der Waals surface area contributed by atoms with Crippen LogP contribution in [-0.4, -0.2) is 38.0 Å². The lowest BCUT2D eigenvalue weighted by Crippen LogP contribution is -2.40. The van der Waals surface area contributed by atoms with Crippen molar-refractivity contribution in [1.82, 2.24) is 14.9 Å². The molecule has 0 bridgehead atoms. The smallest absolute Gasteiger partial charge is 0.410 e. The number of nitro benzene ring substituents is 1. The zero-order valence-corrected chi connectivity index (χ0v) is 15.2. The standard InChI is InChI=1S/C18H19FN4O4/c1-18(2,3)27-17(24)22-7-6-14-11(10-22)9-20-16(21-14)13-8-12(19)4-5-15(13)23(25)26/h4-5,8-9H,6-7,10H2,1-3H3. The molecule has 142 valence electrons. The van der Waals surface area contributed by atoms with Gasteiger partial charge in [-0.15, -0.1) is 0 Å². The summed E-state index contributed by atoms with van der Waals surface area (Å²) in [5.74, 6) is -0.515. The molecule has 0 fully saturated rings. The number of hydrogen-bond donors (Lipinski definition) is 0. The molecular formula is C18H19FN4O4. The fourth-order valence-electron chi connectivity index (χ4n) is 2.77. The summed E-state index contributed by atoms with van der Waals surface area (Å²) in [6.07, 6.45) is 1.55.